The van der Waals surface area contributed by atoms with E-state index in [0.717, 1.165) is 18.4 Å². The second-order valence-electron chi connectivity index (χ2n) is 12.2. The third-order valence-corrected chi connectivity index (χ3v) is 9.17. The number of hydrogen-bond acceptors (Lipinski definition) is 7. The number of cyclic esters (lactones) is 1. The van der Waals surface area contributed by atoms with Gasteiger partial charge in [0.2, 0.25) is 17.7 Å². The van der Waals surface area contributed by atoms with E-state index in [9.17, 15) is 24.3 Å². The number of carbonyl (C=O) groups excluding carboxylic acids is 4. The van der Waals surface area contributed by atoms with Gasteiger partial charge in [0, 0.05) is 19.0 Å². The van der Waals surface area contributed by atoms with Gasteiger partial charge in [-0.25, -0.2) is 0 Å². The Morgan fingerprint density at radius 2 is 1.88 bits per heavy atom. The average molecular weight is 594 g/mol. The van der Waals surface area contributed by atoms with Crippen LogP contribution in [0, 0.1) is 11.8 Å². The van der Waals surface area contributed by atoms with Crippen LogP contribution in [0.3, 0.4) is 0 Å². The number of fused-ring (bicyclic) bond motifs is 2. The lowest BCUT2D eigenvalue weighted by Gasteiger charge is -2.40. The average Bonchev–Trinajstić information content (AvgIpc) is 3.64. The predicted octanol–water partition coefficient (Wildman–Crippen LogP) is 2.16. The summed E-state index contributed by atoms with van der Waals surface area (Å²) < 4.78 is 12.2. The highest BCUT2D eigenvalue weighted by Crippen LogP contribution is 2.56. The molecule has 5 rings (SSSR count). The van der Waals surface area contributed by atoms with Crippen LogP contribution < -0.4 is 5.32 Å². The van der Waals surface area contributed by atoms with E-state index in [-0.39, 0.29) is 37.4 Å². The lowest BCUT2D eigenvalue weighted by atomic mass is 9.74. The predicted molar refractivity (Wildman–Crippen MR) is 158 cm³/mol. The van der Waals surface area contributed by atoms with Gasteiger partial charge in [0.25, 0.3) is 0 Å². The Balaban J connectivity index is 1.59. The van der Waals surface area contributed by atoms with Crippen LogP contribution in [0.1, 0.15) is 52.0 Å². The molecule has 1 spiro atoms. The Hall–Kier alpha value is -3.50. The number of allylic oxidation sites excluding steroid dienone is 1. The molecule has 43 heavy (non-hydrogen) atoms. The first-order valence-corrected chi connectivity index (χ1v) is 15.5. The summed E-state index contributed by atoms with van der Waals surface area (Å²) >= 11 is 0. The van der Waals surface area contributed by atoms with Crippen LogP contribution in [0.5, 0.6) is 0 Å². The molecule has 4 aliphatic heterocycles. The van der Waals surface area contributed by atoms with E-state index in [4.69, 9.17) is 9.47 Å². The lowest BCUT2D eigenvalue weighted by Crippen LogP contribution is -2.60. The van der Waals surface area contributed by atoms with Gasteiger partial charge in [-0.3, -0.25) is 19.2 Å². The van der Waals surface area contributed by atoms with Crippen LogP contribution in [0.4, 0.5) is 0 Å². The van der Waals surface area contributed by atoms with Gasteiger partial charge >= 0.3 is 5.97 Å². The fourth-order valence-electron chi connectivity index (χ4n) is 7.09. The number of aliphatic hydroxyl groups is 1. The lowest BCUT2D eigenvalue weighted by molar-refractivity contribution is -0.159. The van der Waals surface area contributed by atoms with Gasteiger partial charge in [-0.15, -0.1) is 0 Å². The number of likely N-dealkylation sites (tertiary alicyclic amines) is 1. The minimum Gasteiger partial charge on any atom is -0.460 e. The van der Waals surface area contributed by atoms with Crippen molar-refractivity contribution in [2.75, 3.05) is 19.7 Å². The van der Waals surface area contributed by atoms with Crippen molar-refractivity contribution < 1.29 is 33.8 Å². The van der Waals surface area contributed by atoms with Crippen molar-refractivity contribution in [3.8, 4) is 0 Å². The maximum Gasteiger partial charge on any atom is 0.313 e. The van der Waals surface area contributed by atoms with Crippen molar-refractivity contribution in [3.63, 3.8) is 0 Å². The maximum absolute atomic E-state index is 14.8. The number of esters is 1. The van der Waals surface area contributed by atoms with E-state index in [1.807, 2.05) is 49.4 Å². The third-order valence-electron chi connectivity index (χ3n) is 9.17. The first-order chi connectivity index (χ1) is 20.7. The third kappa shape index (κ3) is 5.87. The van der Waals surface area contributed by atoms with Crippen LogP contribution in [0.25, 0.3) is 0 Å². The van der Waals surface area contributed by atoms with Gasteiger partial charge in [-0.05, 0) is 38.7 Å². The number of rotatable bonds is 7. The molecule has 0 aliphatic carbocycles. The molecule has 0 saturated carbocycles. The molecule has 2 N–H and O–H groups in total. The molecule has 3 amide bonds. The molecule has 8 atom stereocenters. The highest BCUT2D eigenvalue weighted by atomic mass is 16.6. The van der Waals surface area contributed by atoms with Gasteiger partial charge in [-0.1, -0.05) is 68.0 Å². The van der Waals surface area contributed by atoms with Gasteiger partial charge in [0.05, 0.1) is 31.2 Å². The summed E-state index contributed by atoms with van der Waals surface area (Å²) in [5.41, 5.74) is -0.456. The second kappa shape index (κ2) is 13.0. The zero-order valence-electron chi connectivity index (χ0n) is 25.2. The minimum atomic E-state index is -1.37. The minimum absolute atomic E-state index is 0.144. The second-order valence-corrected chi connectivity index (χ2v) is 12.2. The number of ether oxygens (including phenoxy) is 2. The molecule has 0 radical (unpaired) electrons. The van der Waals surface area contributed by atoms with Gasteiger partial charge in [-0.2, -0.15) is 0 Å². The molecule has 10 nitrogen and oxygen atoms in total. The smallest absolute Gasteiger partial charge is 0.313 e. The summed E-state index contributed by atoms with van der Waals surface area (Å²) in [5, 5.41) is 13.5. The summed E-state index contributed by atoms with van der Waals surface area (Å²) in [7, 11) is 0. The Kier molecular flexibility index (Phi) is 9.36. The number of amides is 3. The van der Waals surface area contributed by atoms with Crippen molar-refractivity contribution in [2.24, 2.45) is 11.8 Å². The Bertz CT molecular complexity index is 1270. The fourth-order valence-corrected chi connectivity index (χ4v) is 7.09. The van der Waals surface area contributed by atoms with E-state index in [2.05, 4.69) is 12.2 Å². The molecular formula is C33H43N3O7. The Morgan fingerprint density at radius 3 is 2.60 bits per heavy atom. The van der Waals surface area contributed by atoms with Crippen molar-refractivity contribution in [1.29, 1.82) is 0 Å². The summed E-state index contributed by atoms with van der Waals surface area (Å²) in [6, 6.07) is 7.59. The molecule has 1 unspecified atom stereocenters. The molecule has 232 valence electrons. The summed E-state index contributed by atoms with van der Waals surface area (Å²) in [6.07, 6.45) is 8.66. The largest absolute Gasteiger partial charge is 0.460 e. The normalized spacial score (nSPS) is 33.3. The number of nitrogens with zero attached hydrogens (tertiary/aromatic N) is 2. The van der Waals surface area contributed by atoms with Crippen LogP contribution >= 0.6 is 0 Å². The molecule has 1 aromatic rings. The van der Waals surface area contributed by atoms with E-state index < -0.39 is 53.6 Å². The summed E-state index contributed by atoms with van der Waals surface area (Å²) in [5.74, 6) is -3.39. The van der Waals surface area contributed by atoms with E-state index in [1.54, 1.807) is 24.0 Å². The standard InChI is InChI=1S/C33H43N3O7/c1-4-11-21(2)35-17-10-6-9-14-26(38)34-19-22(3)42-32(41)27-25-15-16-33(43-25)28(27)30(39)36(29(33)31(35)40)24(20-37)18-23-12-7-5-8-13-23/h5-8,10,12-13,15-16,21-22,24-25,27-29,37H,4,9,11,14,17-20H2,1-3H3,(H,34,38)/b10-6-/t21?,22-,24+,25+,27-,28-,29+,33-/m0/s1. The molecule has 10 heteroatoms. The summed E-state index contributed by atoms with van der Waals surface area (Å²) in [4.78, 5) is 58.5. The highest BCUT2D eigenvalue weighted by Gasteiger charge is 2.74. The highest BCUT2D eigenvalue weighted by molar-refractivity contribution is 5.99. The van der Waals surface area contributed by atoms with Gasteiger partial charge < -0.3 is 29.7 Å². The number of carbonyl (C=O) groups is 4. The molecule has 4 aliphatic rings. The zero-order valence-corrected chi connectivity index (χ0v) is 25.2. The molecule has 0 aromatic heterocycles. The number of benzene rings is 1. The molecular weight excluding hydrogens is 550 g/mol. The topological polar surface area (TPSA) is 125 Å². The quantitative estimate of drug-likeness (QED) is 0.367. The van der Waals surface area contributed by atoms with Crippen molar-refractivity contribution >= 4 is 23.7 Å². The molecule has 4 heterocycles. The SMILES string of the molecule is CCCC(C)N1C/C=C\CCC(=O)NC[C@H](C)OC(=O)[C@@H]2[C@H]3C(=O)N([C@@H](CO)Cc4ccccc4)[C@H](C1=O)[C@]31C=C[C@H]2O1. The molecule has 5 bridgehead atoms. The monoisotopic (exact) mass is 593 g/mol. The summed E-state index contributed by atoms with van der Waals surface area (Å²) in [6.45, 7) is 5.80. The van der Waals surface area contributed by atoms with Gasteiger partial charge in [0.15, 0.2) is 0 Å². The van der Waals surface area contributed by atoms with Gasteiger partial charge in [0.1, 0.15) is 23.7 Å². The van der Waals surface area contributed by atoms with E-state index in [0.29, 0.717) is 19.4 Å². The van der Waals surface area contributed by atoms with Crippen LogP contribution in [-0.2, 0) is 35.1 Å². The first kappa shape index (κ1) is 30.9. The molecule has 2 fully saturated rings. The van der Waals surface area contributed by atoms with E-state index >= 15 is 0 Å². The number of hydrogen-bond donors (Lipinski definition) is 2. The number of aliphatic hydroxyl groups excluding tert-OH is 1. The van der Waals surface area contributed by atoms with Crippen molar-refractivity contribution in [1.82, 2.24) is 15.1 Å². The van der Waals surface area contributed by atoms with Crippen LogP contribution in [0.2, 0.25) is 0 Å². The van der Waals surface area contributed by atoms with Crippen molar-refractivity contribution in [3.05, 3.63) is 60.2 Å². The van der Waals surface area contributed by atoms with Crippen LogP contribution in [0.15, 0.2) is 54.6 Å². The first-order valence-electron chi connectivity index (χ1n) is 15.5. The molecule has 1 aromatic carbocycles. The zero-order chi connectivity index (χ0) is 30.7. The molecule has 2 saturated heterocycles. The maximum atomic E-state index is 14.8. The van der Waals surface area contributed by atoms with Crippen molar-refractivity contribution in [2.45, 2.75) is 88.8 Å². The Labute approximate surface area is 253 Å². The fraction of sp³-hybridized carbons (Fsp3) is 0.576. The van der Waals surface area contributed by atoms with E-state index in [1.165, 1.54) is 4.90 Å². The Morgan fingerprint density at radius 1 is 1.12 bits per heavy atom. The number of nitrogens with one attached hydrogen (secondary N) is 1. The van der Waals surface area contributed by atoms with Crippen LogP contribution in [-0.4, -0.2) is 94.2 Å².